The van der Waals surface area contributed by atoms with Gasteiger partial charge in [0.2, 0.25) is 0 Å². The van der Waals surface area contributed by atoms with Crippen LogP contribution in [0.2, 0.25) is 0 Å². The largest absolute Gasteiger partial charge is 0.361 e. The van der Waals surface area contributed by atoms with Gasteiger partial charge < -0.3 is 10.7 Å². The Kier molecular flexibility index (Phi) is 3.02. The fraction of sp³-hybridized carbons (Fsp3) is 0.333. The number of nitrogens with two attached hydrogens (primary N) is 1. The van der Waals surface area contributed by atoms with Gasteiger partial charge in [-0.05, 0) is 24.6 Å². The molecule has 0 aliphatic carbocycles. The number of nitrogens with one attached hydrogen (secondary N) is 1. The first-order chi connectivity index (χ1) is 7.31. The smallest absolute Gasteiger partial charge is 0.105 e. The SMILES string of the molecule is NCCC(F)Cc1c[nH]c2ccccc12. The highest BCUT2D eigenvalue weighted by atomic mass is 19.1. The van der Waals surface area contributed by atoms with Gasteiger partial charge in [0, 0.05) is 23.5 Å². The zero-order valence-corrected chi connectivity index (χ0v) is 8.54. The summed E-state index contributed by atoms with van der Waals surface area (Å²) >= 11 is 0. The van der Waals surface area contributed by atoms with Crippen LogP contribution in [0.5, 0.6) is 0 Å². The Morgan fingerprint density at radius 1 is 1.33 bits per heavy atom. The van der Waals surface area contributed by atoms with Gasteiger partial charge in [-0.3, -0.25) is 0 Å². The predicted molar refractivity (Wildman–Crippen MR) is 60.6 cm³/mol. The standard InChI is InChI=1S/C12H15FN2/c13-10(5-6-14)7-9-8-15-12-4-2-1-3-11(9)12/h1-4,8,10,15H,5-7,14H2. The van der Waals surface area contributed by atoms with E-state index in [0.717, 1.165) is 16.5 Å². The Labute approximate surface area is 88.3 Å². The quantitative estimate of drug-likeness (QED) is 0.792. The van der Waals surface area contributed by atoms with E-state index in [-0.39, 0.29) is 0 Å². The molecule has 0 saturated heterocycles. The van der Waals surface area contributed by atoms with Crippen LogP contribution in [0.15, 0.2) is 30.5 Å². The molecule has 3 heteroatoms. The van der Waals surface area contributed by atoms with Crippen LogP contribution >= 0.6 is 0 Å². The molecular weight excluding hydrogens is 191 g/mol. The maximum absolute atomic E-state index is 13.4. The number of aromatic nitrogens is 1. The van der Waals surface area contributed by atoms with Crippen molar-refractivity contribution < 1.29 is 4.39 Å². The lowest BCUT2D eigenvalue weighted by atomic mass is 10.1. The van der Waals surface area contributed by atoms with Crippen LogP contribution in [0.1, 0.15) is 12.0 Å². The highest BCUT2D eigenvalue weighted by Crippen LogP contribution is 2.20. The van der Waals surface area contributed by atoms with Gasteiger partial charge >= 0.3 is 0 Å². The summed E-state index contributed by atoms with van der Waals surface area (Å²) in [6, 6.07) is 7.94. The Bertz CT molecular complexity index is 436. The number of benzene rings is 1. The van der Waals surface area contributed by atoms with E-state index < -0.39 is 6.17 Å². The maximum atomic E-state index is 13.4. The maximum Gasteiger partial charge on any atom is 0.105 e. The summed E-state index contributed by atoms with van der Waals surface area (Å²) in [5.41, 5.74) is 7.42. The Morgan fingerprint density at radius 3 is 2.93 bits per heavy atom. The van der Waals surface area contributed by atoms with Crippen molar-refractivity contribution in [3.05, 3.63) is 36.0 Å². The number of aromatic amines is 1. The fourth-order valence-electron chi connectivity index (χ4n) is 1.82. The second-order valence-electron chi connectivity index (χ2n) is 3.74. The van der Waals surface area contributed by atoms with E-state index in [4.69, 9.17) is 5.73 Å². The van der Waals surface area contributed by atoms with Gasteiger partial charge in [-0.15, -0.1) is 0 Å². The molecule has 0 spiro atoms. The highest BCUT2D eigenvalue weighted by molar-refractivity contribution is 5.83. The summed E-state index contributed by atoms with van der Waals surface area (Å²) in [4.78, 5) is 3.14. The first-order valence-corrected chi connectivity index (χ1v) is 5.20. The predicted octanol–water partition coefficient (Wildman–Crippen LogP) is 2.40. The van der Waals surface area contributed by atoms with Crippen molar-refractivity contribution in [1.82, 2.24) is 4.98 Å². The minimum atomic E-state index is -0.839. The van der Waals surface area contributed by atoms with E-state index in [1.165, 1.54) is 0 Å². The van der Waals surface area contributed by atoms with Crippen LogP contribution in [0.4, 0.5) is 4.39 Å². The van der Waals surface area contributed by atoms with Crippen LogP contribution < -0.4 is 5.73 Å². The third kappa shape index (κ3) is 2.18. The zero-order chi connectivity index (χ0) is 10.7. The van der Waals surface area contributed by atoms with Gasteiger partial charge in [0.05, 0.1) is 0 Å². The molecule has 0 amide bonds. The molecule has 1 atom stereocenters. The topological polar surface area (TPSA) is 41.8 Å². The first kappa shape index (κ1) is 10.2. The van der Waals surface area contributed by atoms with E-state index in [0.29, 0.717) is 19.4 Å². The summed E-state index contributed by atoms with van der Waals surface area (Å²) in [7, 11) is 0. The molecule has 2 aromatic rings. The van der Waals surface area contributed by atoms with Crippen molar-refractivity contribution in [3.8, 4) is 0 Å². The summed E-state index contributed by atoms with van der Waals surface area (Å²) < 4.78 is 13.4. The molecule has 0 aliphatic heterocycles. The second kappa shape index (κ2) is 4.45. The van der Waals surface area contributed by atoms with E-state index >= 15 is 0 Å². The minimum absolute atomic E-state index is 0.406. The van der Waals surface area contributed by atoms with Crippen LogP contribution in [-0.4, -0.2) is 17.7 Å². The van der Waals surface area contributed by atoms with Crippen molar-refractivity contribution in [1.29, 1.82) is 0 Å². The number of para-hydroxylation sites is 1. The summed E-state index contributed by atoms with van der Waals surface area (Å²) in [6.45, 7) is 0.406. The van der Waals surface area contributed by atoms with Crippen LogP contribution in [0, 0.1) is 0 Å². The molecule has 80 valence electrons. The van der Waals surface area contributed by atoms with Crippen LogP contribution in [0.25, 0.3) is 10.9 Å². The molecule has 0 saturated carbocycles. The van der Waals surface area contributed by atoms with E-state index in [1.54, 1.807) is 0 Å². The molecule has 0 radical (unpaired) electrons. The Hall–Kier alpha value is -1.35. The summed E-state index contributed by atoms with van der Waals surface area (Å²) in [6.07, 6.45) is 1.92. The van der Waals surface area contributed by atoms with Crippen molar-refractivity contribution in [3.63, 3.8) is 0 Å². The van der Waals surface area contributed by atoms with E-state index in [2.05, 4.69) is 4.98 Å². The molecule has 1 aromatic carbocycles. The molecule has 1 unspecified atom stereocenters. The first-order valence-electron chi connectivity index (χ1n) is 5.20. The lowest BCUT2D eigenvalue weighted by Gasteiger charge is -2.04. The highest BCUT2D eigenvalue weighted by Gasteiger charge is 2.10. The van der Waals surface area contributed by atoms with Crippen LogP contribution in [0.3, 0.4) is 0 Å². The molecule has 1 aromatic heterocycles. The van der Waals surface area contributed by atoms with Gasteiger partial charge in [0.1, 0.15) is 6.17 Å². The van der Waals surface area contributed by atoms with Gasteiger partial charge in [-0.25, -0.2) is 4.39 Å². The Balaban J connectivity index is 2.21. The normalized spacial score (nSPS) is 13.2. The number of fused-ring (bicyclic) bond motifs is 1. The van der Waals surface area contributed by atoms with E-state index in [9.17, 15) is 4.39 Å². The third-order valence-electron chi connectivity index (χ3n) is 2.60. The molecule has 0 aliphatic rings. The number of alkyl halides is 1. The summed E-state index contributed by atoms with van der Waals surface area (Å²) in [5, 5.41) is 1.11. The number of rotatable bonds is 4. The number of hydrogen-bond acceptors (Lipinski definition) is 1. The van der Waals surface area contributed by atoms with Crippen molar-refractivity contribution >= 4 is 10.9 Å². The summed E-state index contributed by atoms with van der Waals surface area (Å²) in [5.74, 6) is 0. The van der Waals surface area contributed by atoms with Crippen molar-refractivity contribution in [2.24, 2.45) is 5.73 Å². The molecule has 2 nitrogen and oxygen atoms in total. The average Bonchev–Trinajstić information content (AvgIpc) is 2.62. The number of hydrogen-bond donors (Lipinski definition) is 2. The molecule has 3 N–H and O–H groups in total. The monoisotopic (exact) mass is 206 g/mol. The van der Waals surface area contributed by atoms with Crippen molar-refractivity contribution in [2.75, 3.05) is 6.54 Å². The molecule has 0 bridgehead atoms. The van der Waals surface area contributed by atoms with E-state index in [1.807, 2.05) is 30.5 Å². The third-order valence-corrected chi connectivity index (χ3v) is 2.60. The fourth-order valence-corrected chi connectivity index (χ4v) is 1.82. The van der Waals surface area contributed by atoms with Crippen LogP contribution in [-0.2, 0) is 6.42 Å². The number of H-pyrrole nitrogens is 1. The molecule has 0 fully saturated rings. The van der Waals surface area contributed by atoms with Gasteiger partial charge in [-0.1, -0.05) is 18.2 Å². The average molecular weight is 206 g/mol. The van der Waals surface area contributed by atoms with Gasteiger partial charge in [-0.2, -0.15) is 0 Å². The number of halogens is 1. The molecular formula is C12H15FN2. The minimum Gasteiger partial charge on any atom is -0.361 e. The van der Waals surface area contributed by atoms with Gasteiger partial charge in [0.15, 0.2) is 0 Å². The van der Waals surface area contributed by atoms with Crippen molar-refractivity contribution in [2.45, 2.75) is 19.0 Å². The molecule has 2 rings (SSSR count). The molecule has 1 heterocycles. The lowest BCUT2D eigenvalue weighted by Crippen LogP contribution is -2.11. The lowest BCUT2D eigenvalue weighted by molar-refractivity contribution is 0.317. The second-order valence-corrected chi connectivity index (χ2v) is 3.74. The van der Waals surface area contributed by atoms with Gasteiger partial charge in [0.25, 0.3) is 0 Å². The Morgan fingerprint density at radius 2 is 2.13 bits per heavy atom. The zero-order valence-electron chi connectivity index (χ0n) is 8.54. The molecule has 15 heavy (non-hydrogen) atoms.